The SMILES string of the molecule is C1CN2C1N1CCC21. The predicted octanol–water partition coefficient (Wildman–Crippen LogP) is 0.0636. The van der Waals surface area contributed by atoms with Crippen LogP contribution in [0.5, 0.6) is 0 Å². The van der Waals surface area contributed by atoms with Crippen molar-refractivity contribution in [3.8, 4) is 0 Å². The fourth-order valence-electron chi connectivity index (χ4n) is 2.13. The van der Waals surface area contributed by atoms with Crippen LogP contribution in [0.4, 0.5) is 0 Å². The minimum atomic E-state index is 0.911. The molecule has 0 aromatic rings. The fourth-order valence-corrected chi connectivity index (χ4v) is 2.13. The third-order valence-electron chi connectivity index (χ3n) is 2.82. The van der Waals surface area contributed by atoms with Gasteiger partial charge < -0.3 is 0 Å². The van der Waals surface area contributed by atoms with Crippen LogP contribution in [0.25, 0.3) is 0 Å². The monoisotopic (exact) mass is 110 g/mol. The van der Waals surface area contributed by atoms with Crippen molar-refractivity contribution in [2.75, 3.05) is 13.1 Å². The highest BCUT2D eigenvalue weighted by molar-refractivity contribution is 5.04. The number of rotatable bonds is 0. The van der Waals surface area contributed by atoms with E-state index in [1.807, 2.05) is 0 Å². The normalized spacial score (nSPS) is 52.5. The van der Waals surface area contributed by atoms with E-state index in [1.165, 1.54) is 25.9 Å². The second-order valence-electron chi connectivity index (χ2n) is 3.01. The Morgan fingerprint density at radius 2 is 1.38 bits per heavy atom. The molecule has 3 aliphatic rings. The average Bonchev–Trinajstić information content (AvgIpc) is 1.70. The van der Waals surface area contributed by atoms with Gasteiger partial charge in [-0.25, -0.2) is 0 Å². The first kappa shape index (κ1) is 3.85. The third kappa shape index (κ3) is 0.213. The summed E-state index contributed by atoms with van der Waals surface area (Å²) >= 11 is 0. The molecule has 44 valence electrons. The van der Waals surface area contributed by atoms with Gasteiger partial charge in [0.15, 0.2) is 0 Å². The molecule has 3 fully saturated rings. The molecule has 0 spiro atoms. The number of fused-ring (bicyclic) bond motifs is 4. The Balaban J connectivity index is 1.87. The zero-order valence-electron chi connectivity index (χ0n) is 4.88. The fraction of sp³-hybridized carbons (Fsp3) is 1.00. The Labute approximate surface area is 49.1 Å². The minimum absolute atomic E-state index is 0.911. The third-order valence-corrected chi connectivity index (χ3v) is 2.82. The van der Waals surface area contributed by atoms with E-state index in [0.717, 1.165) is 12.3 Å². The van der Waals surface area contributed by atoms with Gasteiger partial charge in [0, 0.05) is 13.1 Å². The lowest BCUT2D eigenvalue weighted by molar-refractivity contribution is -0.281. The van der Waals surface area contributed by atoms with Crippen LogP contribution in [-0.2, 0) is 0 Å². The molecular weight excluding hydrogens is 100 g/mol. The maximum Gasteiger partial charge on any atom is 0.0661 e. The molecule has 0 bridgehead atoms. The van der Waals surface area contributed by atoms with Crippen LogP contribution in [0.15, 0.2) is 0 Å². The summed E-state index contributed by atoms with van der Waals surface area (Å²) in [6.45, 7) is 2.76. The molecule has 0 aliphatic carbocycles. The summed E-state index contributed by atoms with van der Waals surface area (Å²) in [6.07, 6.45) is 4.70. The first-order chi connectivity index (χ1) is 3.97. The van der Waals surface area contributed by atoms with Crippen molar-refractivity contribution in [3.05, 3.63) is 0 Å². The molecule has 0 radical (unpaired) electrons. The van der Waals surface area contributed by atoms with E-state index in [0.29, 0.717) is 0 Å². The Kier molecular flexibility index (Phi) is 0.461. The molecule has 0 N–H and O–H groups in total. The quantitative estimate of drug-likeness (QED) is 0.435. The van der Waals surface area contributed by atoms with Crippen LogP contribution in [0.1, 0.15) is 12.8 Å². The van der Waals surface area contributed by atoms with E-state index < -0.39 is 0 Å². The van der Waals surface area contributed by atoms with Gasteiger partial charge in [0.05, 0.1) is 12.3 Å². The van der Waals surface area contributed by atoms with E-state index in [2.05, 4.69) is 9.80 Å². The van der Waals surface area contributed by atoms with Crippen LogP contribution in [0.2, 0.25) is 0 Å². The summed E-state index contributed by atoms with van der Waals surface area (Å²) in [5.74, 6) is 0. The molecule has 0 atom stereocenters. The smallest absolute Gasteiger partial charge is 0.0661 e. The molecule has 3 rings (SSSR count). The van der Waals surface area contributed by atoms with Crippen molar-refractivity contribution in [1.82, 2.24) is 9.80 Å². The number of hydrogen-bond acceptors (Lipinski definition) is 2. The maximum absolute atomic E-state index is 2.60. The first-order valence-corrected chi connectivity index (χ1v) is 3.48. The molecular formula is C6H10N2. The Hall–Kier alpha value is -0.0800. The van der Waals surface area contributed by atoms with E-state index in [4.69, 9.17) is 0 Å². The zero-order valence-corrected chi connectivity index (χ0v) is 4.88. The molecule has 3 heterocycles. The average molecular weight is 110 g/mol. The van der Waals surface area contributed by atoms with Gasteiger partial charge >= 0.3 is 0 Å². The predicted molar refractivity (Wildman–Crippen MR) is 30.2 cm³/mol. The molecule has 0 aromatic carbocycles. The maximum atomic E-state index is 2.60. The number of hydrogen-bond donors (Lipinski definition) is 0. The van der Waals surface area contributed by atoms with Crippen LogP contribution in [-0.4, -0.2) is 35.2 Å². The standard InChI is InChI=1S/C6H10N2/c1-3-7-5(1)8-4-2-6(7)8/h5-6H,1-4H2. The second-order valence-corrected chi connectivity index (χ2v) is 3.01. The highest BCUT2D eigenvalue weighted by Gasteiger charge is 2.55. The molecule has 0 saturated carbocycles. The van der Waals surface area contributed by atoms with Gasteiger partial charge in [0.1, 0.15) is 0 Å². The Morgan fingerprint density at radius 1 is 0.875 bits per heavy atom. The van der Waals surface area contributed by atoms with Crippen LogP contribution < -0.4 is 0 Å². The minimum Gasteiger partial charge on any atom is -0.272 e. The highest BCUT2D eigenvalue weighted by atomic mass is 15.6. The highest BCUT2D eigenvalue weighted by Crippen LogP contribution is 2.43. The molecule has 8 heavy (non-hydrogen) atoms. The summed E-state index contributed by atoms with van der Waals surface area (Å²) < 4.78 is 0. The Morgan fingerprint density at radius 3 is 1.50 bits per heavy atom. The van der Waals surface area contributed by atoms with Crippen LogP contribution in [0.3, 0.4) is 0 Å². The van der Waals surface area contributed by atoms with Gasteiger partial charge in [-0.1, -0.05) is 0 Å². The molecule has 3 aliphatic heterocycles. The zero-order chi connectivity index (χ0) is 5.14. The van der Waals surface area contributed by atoms with Crippen molar-refractivity contribution in [1.29, 1.82) is 0 Å². The van der Waals surface area contributed by atoms with Gasteiger partial charge in [-0.15, -0.1) is 0 Å². The molecule has 2 heteroatoms. The summed E-state index contributed by atoms with van der Waals surface area (Å²) in [4.78, 5) is 5.20. The van der Waals surface area contributed by atoms with E-state index in [1.54, 1.807) is 0 Å². The molecule has 0 aromatic heterocycles. The summed E-state index contributed by atoms with van der Waals surface area (Å²) in [5.41, 5.74) is 0. The summed E-state index contributed by atoms with van der Waals surface area (Å²) in [5, 5.41) is 0. The van der Waals surface area contributed by atoms with Gasteiger partial charge in [0.2, 0.25) is 0 Å². The summed E-state index contributed by atoms with van der Waals surface area (Å²) in [7, 11) is 0. The topological polar surface area (TPSA) is 6.48 Å². The lowest BCUT2D eigenvalue weighted by Crippen LogP contribution is -2.82. The lowest BCUT2D eigenvalue weighted by Gasteiger charge is -2.70. The van der Waals surface area contributed by atoms with Gasteiger partial charge in [-0.3, -0.25) is 9.80 Å². The number of nitrogens with zero attached hydrogens (tertiary/aromatic N) is 2. The Bertz CT molecular complexity index is 94.5. The van der Waals surface area contributed by atoms with Crippen molar-refractivity contribution >= 4 is 0 Å². The van der Waals surface area contributed by atoms with Crippen molar-refractivity contribution in [2.45, 2.75) is 25.2 Å². The lowest BCUT2D eigenvalue weighted by atomic mass is 9.90. The second kappa shape index (κ2) is 0.957. The van der Waals surface area contributed by atoms with Gasteiger partial charge in [-0.05, 0) is 12.8 Å². The van der Waals surface area contributed by atoms with Crippen molar-refractivity contribution in [2.24, 2.45) is 0 Å². The van der Waals surface area contributed by atoms with E-state index in [9.17, 15) is 0 Å². The molecule has 3 saturated heterocycles. The van der Waals surface area contributed by atoms with E-state index in [-0.39, 0.29) is 0 Å². The van der Waals surface area contributed by atoms with E-state index >= 15 is 0 Å². The van der Waals surface area contributed by atoms with Gasteiger partial charge in [-0.2, -0.15) is 0 Å². The van der Waals surface area contributed by atoms with Crippen molar-refractivity contribution in [3.63, 3.8) is 0 Å². The molecule has 0 amide bonds. The summed E-state index contributed by atoms with van der Waals surface area (Å²) in [6, 6.07) is 0. The first-order valence-electron chi connectivity index (χ1n) is 3.48. The van der Waals surface area contributed by atoms with Crippen LogP contribution >= 0.6 is 0 Å². The largest absolute Gasteiger partial charge is 0.272 e. The van der Waals surface area contributed by atoms with Crippen molar-refractivity contribution < 1.29 is 0 Å². The van der Waals surface area contributed by atoms with Crippen LogP contribution in [0, 0.1) is 0 Å². The molecule has 0 unspecified atom stereocenters. The molecule has 2 nitrogen and oxygen atoms in total. The van der Waals surface area contributed by atoms with Gasteiger partial charge in [0.25, 0.3) is 0 Å².